The Hall–Kier alpha value is -2.38. The van der Waals surface area contributed by atoms with Crippen LogP contribution in [-0.4, -0.2) is 4.98 Å². The minimum atomic E-state index is -0.283. The van der Waals surface area contributed by atoms with Gasteiger partial charge in [0.25, 0.3) is 0 Å². The van der Waals surface area contributed by atoms with Crippen LogP contribution in [0.4, 0.5) is 10.1 Å². The summed E-state index contributed by atoms with van der Waals surface area (Å²) < 4.78 is 13.2. The number of terminal acetylenes is 1. The van der Waals surface area contributed by atoms with Crippen molar-refractivity contribution in [1.82, 2.24) is 4.98 Å². The largest absolute Gasteiger partial charge is 0.396 e. The van der Waals surface area contributed by atoms with Crippen molar-refractivity contribution in [2.24, 2.45) is 0 Å². The van der Waals surface area contributed by atoms with Gasteiger partial charge in [-0.2, -0.15) is 0 Å². The quantitative estimate of drug-likeness (QED) is 0.684. The van der Waals surface area contributed by atoms with E-state index < -0.39 is 0 Å². The lowest BCUT2D eigenvalue weighted by atomic mass is 10.1. The monoisotopic (exact) mass is 268 g/mol. The van der Waals surface area contributed by atoms with Gasteiger partial charge in [0, 0.05) is 10.9 Å². The number of fused-ring (bicyclic) bond motifs is 1. The molecule has 19 heavy (non-hydrogen) atoms. The second-order valence-electron chi connectivity index (χ2n) is 4.05. The first-order valence-corrected chi connectivity index (χ1v) is 6.42. The molecule has 0 bridgehead atoms. The van der Waals surface area contributed by atoms with Crippen molar-refractivity contribution in [2.45, 2.75) is 0 Å². The highest BCUT2D eigenvalue weighted by Crippen LogP contribution is 2.33. The fourth-order valence-electron chi connectivity index (χ4n) is 1.91. The number of hydrogen-bond donors (Lipinski definition) is 1. The van der Waals surface area contributed by atoms with E-state index in [4.69, 9.17) is 12.2 Å². The maximum atomic E-state index is 13.2. The molecule has 1 aromatic carbocycles. The Morgan fingerprint density at radius 3 is 2.84 bits per heavy atom. The van der Waals surface area contributed by atoms with Gasteiger partial charge in [0.2, 0.25) is 0 Å². The van der Waals surface area contributed by atoms with Crippen molar-refractivity contribution in [3.8, 4) is 23.6 Å². The van der Waals surface area contributed by atoms with Crippen molar-refractivity contribution in [3.63, 3.8) is 0 Å². The molecule has 0 atom stereocenters. The number of hydrogen-bond acceptors (Lipinski definition) is 3. The molecule has 0 saturated heterocycles. The van der Waals surface area contributed by atoms with E-state index in [2.05, 4.69) is 10.9 Å². The molecule has 0 unspecified atom stereocenters. The summed E-state index contributed by atoms with van der Waals surface area (Å²) in [6, 6.07) is 10.0. The van der Waals surface area contributed by atoms with E-state index in [1.807, 2.05) is 18.2 Å². The first-order valence-electron chi connectivity index (χ1n) is 5.60. The van der Waals surface area contributed by atoms with E-state index in [0.717, 1.165) is 15.8 Å². The third-order valence-electron chi connectivity index (χ3n) is 2.85. The van der Waals surface area contributed by atoms with Gasteiger partial charge in [-0.05, 0) is 24.3 Å². The molecule has 92 valence electrons. The van der Waals surface area contributed by atoms with E-state index in [-0.39, 0.29) is 5.82 Å². The first kappa shape index (κ1) is 11.7. The van der Waals surface area contributed by atoms with E-state index in [1.165, 1.54) is 23.5 Å². The zero-order valence-electron chi connectivity index (χ0n) is 9.85. The predicted molar refractivity (Wildman–Crippen MR) is 77.4 cm³/mol. The molecule has 2 heterocycles. The van der Waals surface area contributed by atoms with Crippen LogP contribution < -0.4 is 5.73 Å². The second-order valence-corrected chi connectivity index (χ2v) is 5.05. The van der Waals surface area contributed by atoms with Crippen molar-refractivity contribution in [1.29, 1.82) is 0 Å². The summed E-state index contributed by atoms with van der Waals surface area (Å²) in [5.74, 6) is 2.26. The van der Waals surface area contributed by atoms with Crippen LogP contribution >= 0.6 is 11.3 Å². The summed E-state index contributed by atoms with van der Waals surface area (Å²) in [6.07, 6.45) is 5.39. The van der Waals surface area contributed by atoms with Crippen LogP contribution in [0.3, 0.4) is 0 Å². The van der Waals surface area contributed by atoms with Gasteiger partial charge in [-0.3, -0.25) is 0 Å². The minimum Gasteiger partial charge on any atom is -0.396 e. The molecule has 0 saturated carbocycles. The molecular weight excluding hydrogens is 259 g/mol. The molecule has 0 radical (unpaired) electrons. The smallest absolute Gasteiger partial charge is 0.127 e. The lowest BCUT2D eigenvalue weighted by Crippen LogP contribution is -1.87. The van der Waals surface area contributed by atoms with Crippen LogP contribution in [0.5, 0.6) is 0 Å². The molecule has 0 aliphatic rings. The van der Waals surface area contributed by atoms with Crippen molar-refractivity contribution in [3.05, 3.63) is 47.1 Å². The van der Waals surface area contributed by atoms with Gasteiger partial charge in [0.05, 0.1) is 11.4 Å². The van der Waals surface area contributed by atoms with Crippen molar-refractivity contribution in [2.75, 3.05) is 5.73 Å². The summed E-state index contributed by atoms with van der Waals surface area (Å²) >= 11 is 1.37. The third-order valence-corrected chi connectivity index (χ3v) is 3.89. The number of thiophene rings is 1. The highest BCUT2D eigenvalue weighted by Gasteiger charge is 2.10. The van der Waals surface area contributed by atoms with E-state index in [1.54, 1.807) is 6.07 Å². The number of aromatic nitrogens is 1. The van der Waals surface area contributed by atoms with Gasteiger partial charge in [-0.1, -0.05) is 18.1 Å². The number of rotatable bonds is 1. The summed E-state index contributed by atoms with van der Waals surface area (Å²) in [7, 11) is 0. The number of nitrogens with two attached hydrogens (primary N) is 1. The summed E-state index contributed by atoms with van der Waals surface area (Å²) in [5, 5.41) is 0.845. The van der Waals surface area contributed by atoms with Crippen molar-refractivity contribution < 1.29 is 4.39 Å². The molecule has 2 aromatic heterocycles. The lowest BCUT2D eigenvalue weighted by molar-refractivity contribution is 0.628. The molecular formula is C15H9FN2S. The number of nitrogen functional groups attached to an aromatic ring is 1. The molecule has 4 heteroatoms. The van der Waals surface area contributed by atoms with Gasteiger partial charge in [-0.15, -0.1) is 17.8 Å². The first-order chi connectivity index (χ1) is 9.19. The van der Waals surface area contributed by atoms with E-state index in [0.29, 0.717) is 16.3 Å². The van der Waals surface area contributed by atoms with Crippen LogP contribution in [0.1, 0.15) is 4.88 Å². The fourth-order valence-corrected chi connectivity index (χ4v) is 2.82. The third kappa shape index (κ3) is 1.94. The number of anilines is 1. The number of pyridine rings is 1. The molecule has 0 aliphatic heterocycles. The predicted octanol–water partition coefficient (Wildman–Crippen LogP) is 3.67. The SMILES string of the molecule is C#Cc1sc2nc(-c3cccc(F)c3)ccc2c1N. The fraction of sp³-hybridized carbons (Fsp3) is 0. The normalized spacial score (nSPS) is 10.5. The topological polar surface area (TPSA) is 38.9 Å². The molecule has 2 nitrogen and oxygen atoms in total. The average Bonchev–Trinajstić information content (AvgIpc) is 2.75. The summed E-state index contributed by atoms with van der Waals surface area (Å²) in [4.78, 5) is 5.94. The molecule has 0 amide bonds. The standard InChI is InChI=1S/C15H9FN2S/c1-2-13-14(17)11-6-7-12(18-15(11)19-13)9-4-3-5-10(16)8-9/h1,3-8H,17H2. The second kappa shape index (κ2) is 4.38. The van der Waals surface area contributed by atoms with Gasteiger partial charge in [-0.25, -0.2) is 9.37 Å². The molecule has 3 rings (SSSR count). The maximum Gasteiger partial charge on any atom is 0.127 e. The molecule has 0 spiro atoms. The Labute approximate surface area is 113 Å². The zero-order chi connectivity index (χ0) is 13.4. The van der Waals surface area contributed by atoms with E-state index >= 15 is 0 Å². The molecule has 2 N–H and O–H groups in total. The van der Waals surface area contributed by atoms with Crippen LogP contribution in [0.15, 0.2) is 36.4 Å². The minimum absolute atomic E-state index is 0.283. The van der Waals surface area contributed by atoms with Gasteiger partial charge in [0.1, 0.15) is 15.5 Å². The Bertz CT molecular complexity index is 815. The van der Waals surface area contributed by atoms with Crippen LogP contribution in [0.25, 0.3) is 21.5 Å². The van der Waals surface area contributed by atoms with Gasteiger partial charge in [0.15, 0.2) is 0 Å². The number of halogens is 1. The van der Waals surface area contributed by atoms with Gasteiger partial charge >= 0.3 is 0 Å². The molecule has 0 fully saturated rings. The maximum absolute atomic E-state index is 13.2. The Morgan fingerprint density at radius 1 is 1.26 bits per heavy atom. The van der Waals surface area contributed by atoms with Crippen LogP contribution in [0.2, 0.25) is 0 Å². The Balaban J connectivity index is 2.20. The number of nitrogens with zero attached hydrogens (tertiary/aromatic N) is 1. The number of benzene rings is 1. The average molecular weight is 268 g/mol. The molecule has 3 aromatic rings. The zero-order valence-corrected chi connectivity index (χ0v) is 10.7. The van der Waals surface area contributed by atoms with E-state index in [9.17, 15) is 4.39 Å². The van der Waals surface area contributed by atoms with Crippen LogP contribution in [0, 0.1) is 18.2 Å². The lowest BCUT2D eigenvalue weighted by Gasteiger charge is -2.01. The Morgan fingerprint density at radius 2 is 2.11 bits per heavy atom. The van der Waals surface area contributed by atoms with Crippen LogP contribution in [-0.2, 0) is 0 Å². The Kier molecular flexibility index (Phi) is 2.69. The van der Waals surface area contributed by atoms with Gasteiger partial charge < -0.3 is 5.73 Å². The molecule has 0 aliphatic carbocycles. The highest BCUT2D eigenvalue weighted by molar-refractivity contribution is 7.19. The van der Waals surface area contributed by atoms with Crippen molar-refractivity contribution >= 4 is 27.2 Å². The highest BCUT2D eigenvalue weighted by atomic mass is 32.1. The summed E-state index contributed by atoms with van der Waals surface area (Å²) in [5.41, 5.74) is 7.95. The summed E-state index contributed by atoms with van der Waals surface area (Å²) in [6.45, 7) is 0.